The number of carbonyl (C=O) groups is 1. The molecule has 1 aliphatic heterocycles. The molecule has 2 aromatic heterocycles. The van der Waals surface area contributed by atoms with E-state index in [0.29, 0.717) is 27.8 Å². The number of benzene rings is 1. The number of amides is 1. The van der Waals surface area contributed by atoms with Gasteiger partial charge in [0.25, 0.3) is 0 Å². The van der Waals surface area contributed by atoms with Crippen LogP contribution in [0.5, 0.6) is 0 Å². The van der Waals surface area contributed by atoms with Gasteiger partial charge in [0.15, 0.2) is 0 Å². The zero-order chi connectivity index (χ0) is 21.1. The van der Waals surface area contributed by atoms with Crippen molar-refractivity contribution in [3.05, 3.63) is 64.7 Å². The molecule has 0 unspecified atom stereocenters. The molecule has 30 heavy (non-hydrogen) atoms. The zero-order valence-electron chi connectivity index (χ0n) is 17.0. The molecule has 4 rings (SSSR count). The van der Waals surface area contributed by atoms with Gasteiger partial charge in [-0.3, -0.25) is 19.6 Å². The molecule has 0 spiro atoms. The van der Waals surface area contributed by atoms with Crippen LogP contribution in [0.2, 0.25) is 0 Å². The van der Waals surface area contributed by atoms with Crippen LogP contribution in [0, 0.1) is 0 Å². The van der Waals surface area contributed by atoms with E-state index in [1.165, 1.54) is 18.7 Å². The van der Waals surface area contributed by atoms with Crippen molar-refractivity contribution in [1.29, 1.82) is 0 Å². The van der Waals surface area contributed by atoms with Crippen molar-refractivity contribution in [2.45, 2.75) is 44.4 Å². The Kier molecular flexibility index (Phi) is 5.94. The highest BCUT2D eigenvalue weighted by molar-refractivity contribution is 7.99. The fraction of sp³-hybridized carbons (Fsp3) is 0.318. The van der Waals surface area contributed by atoms with Gasteiger partial charge in [-0.1, -0.05) is 49.7 Å². The van der Waals surface area contributed by atoms with Crippen LogP contribution in [0.1, 0.15) is 45.0 Å². The van der Waals surface area contributed by atoms with Crippen LogP contribution in [-0.4, -0.2) is 26.7 Å². The van der Waals surface area contributed by atoms with Crippen molar-refractivity contribution < 1.29 is 9.48 Å². The monoisotopic (exact) mass is 422 g/mol. The van der Waals surface area contributed by atoms with Crippen LogP contribution in [0.4, 0.5) is 5.69 Å². The highest BCUT2D eigenvalue weighted by Gasteiger charge is 2.45. The van der Waals surface area contributed by atoms with Gasteiger partial charge in [-0.25, -0.2) is 4.90 Å². The molecule has 1 N–H and O–H groups in total. The second kappa shape index (κ2) is 8.79. The maximum atomic E-state index is 13.1. The Labute approximate surface area is 179 Å². The minimum absolute atomic E-state index is 0.143. The van der Waals surface area contributed by atoms with Crippen LogP contribution in [0.3, 0.4) is 0 Å². The first-order chi connectivity index (χ1) is 14.6. The van der Waals surface area contributed by atoms with Gasteiger partial charge in [0, 0.05) is 24.0 Å². The normalized spacial score (nSPS) is 14.9. The first-order valence-electron chi connectivity index (χ1n) is 10.1. The summed E-state index contributed by atoms with van der Waals surface area (Å²) in [6.07, 6.45) is 4.37. The fourth-order valence-electron chi connectivity index (χ4n) is 3.69. The fourth-order valence-corrected chi connectivity index (χ4v) is 4.55. The van der Waals surface area contributed by atoms with Crippen LogP contribution in [-0.2, 0) is 4.79 Å². The van der Waals surface area contributed by atoms with Gasteiger partial charge in [-0.05, 0) is 35.4 Å². The molecule has 0 saturated heterocycles. The molecule has 3 aromatic rings. The number of H-pyrrole nitrogens is 1. The molecular formula is C22H24N5O2S+. The quantitative estimate of drug-likeness (QED) is 0.374. The van der Waals surface area contributed by atoms with E-state index in [4.69, 9.17) is 5.10 Å². The third-order valence-corrected chi connectivity index (χ3v) is 5.99. The second-order valence-corrected chi connectivity index (χ2v) is 8.23. The molecule has 1 atom stereocenters. The van der Waals surface area contributed by atoms with Crippen LogP contribution in [0.25, 0.3) is 11.3 Å². The number of para-hydroxylation sites is 1. The molecule has 0 bridgehead atoms. The number of nitrogens with one attached hydrogen (secondary N) is 1. The van der Waals surface area contributed by atoms with Gasteiger partial charge in [0.1, 0.15) is 5.69 Å². The minimum atomic E-state index is -0.633. The van der Waals surface area contributed by atoms with E-state index in [-0.39, 0.29) is 11.5 Å². The first kappa shape index (κ1) is 20.3. The molecule has 0 saturated carbocycles. The van der Waals surface area contributed by atoms with Gasteiger partial charge < -0.3 is 0 Å². The molecular weight excluding hydrogens is 398 g/mol. The van der Waals surface area contributed by atoms with E-state index in [9.17, 15) is 9.59 Å². The van der Waals surface area contributed by atoms with E-state index in [1.807, 2.05) is 42.5 Å². The number of rotatable bonds is 6. The average Bonchev–Trinajstić information content (AvgIpc) is 2.76. The lowest BCUT2D eigenvalue weighted by molar-refractivity contribution is -0.763. The number of unbranched alkanes of at least 4 members (excludes halogenated alkanes) is 2. The Morgan fingerprint density at radius 2 is 2.00 bits per heavy atom. The molecule has 8 heteroatoms. The predicted octanol–water partition coefficient (Wildman–Crippen LogP) is 3.32. The van der Waals surface area contributed by atoms with Gasteiger partial charge >= 0.3 is 17.4 Å². The smallest absolute Gasteiger partial charge is 0.291 e. The van der Waals surface area contributed by atoms with Crippen molar-refractivity contribution in [2.24, 2.45) is 0 Å². The zero-order valence-corrected chi connectivity index (χ0v) is 17.9. The van der Waals surface area contributed by atoms with E-state index in [1.54, 1.807) is 15.8 Å². The number of aromatic nitrogens is 4. The van der Waals surface area contributed by atoms with Gasteiger partial charge in [-0.2, -0.15) is 0 Å². The van der Waals surface area contributed by atoms with Crippen molar-refractivity contribution in [2.75, 3.05) is 10.7 Å². The highest BCUT2D eigenvalue weighted by atomic mass is 32.2. The third kappa shape index (κ3) is 3.75. The summed E-state index contributed by atoms with van der Waals surface area (Å²) in [6, 6.07) is 13.0. The Bertz CT molecular complexity index is 1120. The highest BCUT2D eigenvalue weighted by Crippen LogP contribution is 2.36. The van der Waals surface area contributed by atoms with E-state index in [0.717, 1.165) is 25.0 Å². The summed E-state index contributed by atoms with van der Waals surface area (Å²) in [5, 5.41) is 5.30. The number of fused-ring (bicyclic) bond motifs is 3. The minimum Gasteiger partial charge on any atom is -0.291 e. The molecule has 154 valence electrons. The van der Waals surface area contributed by atoms with E-state index in [2.05, 4.69) is 16.9 Å². The summed E-state index contributed by atoms with van der Waals surface area (Å²) in [6.45, 7) is 3.68. The standard InChI is InChI=1S/C22H23N5O2S/c1-3-4-9-14-30-22-24-20(29)19-16-10-5-6-12-18(16)26(15(2)28)21(27(19)25-22)17-11-7-8-13-23-17/h5-8,10-13,21H,3-4,9,14H2,1-2H3/p+1/t21-/m0/s1. The average molecular weight is 423 g/mol. The number of anilines is 1. The molecule has 0 radical (unpaired) electrons. The lowest BCUT2D eigenvalue weighted by atomic mass is 10.0. The maximum absolute atomic E-state index is 13.1. The van der Waals surface area contributed by atoms with Crippen molar-refractivity contribution in [1.82, 2.24) is 15.1 Å². The number of nitrogens with zero attached hydrogens (tertiary/aromatic N) is 4. The second-order valence-electron chi connectivity index (χ2n) is 7.14. The summed E-state index contributed by atoms with van der Waals surface area (Å²) >= 11 is 1.52. The van der Waals surface area contributed by atoms with Crippen molar-refractivity contribution in [3.63, 3.8) is 0 Å². The van der Waals surface area contributed by atoms with Crippen LogP contribution >= 0.6 is 11.8 Å². The Morgan fingerprint density at radius 1 is 1.20 bits per heavy atom. The molecule has 3 heterocycles. The number of thioether (sulfide) groups is 1. The third-order valence-electron chi connectivity index (χ3n) is 5.04. The number of hydrogen-bond donors (Lipinski definition) is 1. The molecule has 0 aliphatic carbocycles. The van der Waals surface area contributed by atoms with E-state index < -0.39 is 6.17 Å². The predicted molar refractivity (Wildman–Crippen MR) is 116 cm³/mol. The number of pyridine rings is 1. The summed E-state index contributed by atoms with van der Waals surface area (Å²) in [5.74, 6) is 0.729. The topological polar surface area (TPSA) is 82.8 Å². The SMILES string of the molecule is CCCCCSc1n[n+]2c(c(=O)[nH]1)-c1ccccc1N(C(C)=O)[C@@H]2c1ccccn1. The lowest BCUT2D eigenvalue weighted by Crippen LogP contribution is -2.60. The van der Waals surface area contributed by atoms with Gasteiger partial charge in [0.05, 0.1) is 11.3 Å². The van der Waals surface area contributed by atoms with Gasteiger partial charge in [0.2, 0.25) is 11.1 Å². The molecule has 7 nitrogen and oxygen atoms in total. The van der Waals surface area contributed by atoms with Crippen LogP contribution < -0.4 is 15.1 Å². The maximum Gasteiger partial charge on any atom is 0.325 e. The lowest BCUT2D eigenvalue weighted by Gasteiger charge is -2.30. The Hall–Kier alpha value is -3.00. The molecule has 1 aromatic carbocycles. The Balaban J connectivity index is 1.90. The first-order valence-corrected chi connectivity index (χ1v) is 11.1. The molecule has 0 fully saturated rings. The van der Waals surface area contributed by atoms with Crippen molar-refractivity contribution in [3.8, 4) is 11.3 Å². The summed E-state index contributed by atoms with van der Waals surface area (Å²) in [7, 11) is 0. The summed E-state index contributed by atoms with van der Waals surface area (Å²) in [5.41, 5.74) is 2.21. The Morgan fingerprint density at radius 3 is 2.73 bits per heavy atom. The van der Waals surface area contributed by atoms with Crippen molar-refractivity contribution >= 4 is 23.4 Å². The number of aromatic amines is 1. The summed E-state index contributed by atoms with van der Waals surface area (Å²) in [4.78, 5) is 34.9. The van der Waals surface area contributed by atoms with Crippen LogP contribution in [0.15, 0.2) is 58.6 Å². The largest absolute Gasteiger partial charge is 0.325 e. The molecule has 1 amide bonds. The number of hydrogen-bond acceptors (Lipinski definition) is 5. The number of carbonyl (C=O) groups excluding carboxylic acids is 1. The molecule has 1 aliphatic rings. The summed E-state index contributed by atoms with van der Waals surface area (Å²) < 4.78 is 1.65. The van der Waals surface area contributed by atoms with E-state index >= 15 is 0 Å². The van der Waals surface area contributed by atoms with Gasteiger partial charge in [-0.15, -0.1) is 0 Å².